The molecule has 3 N–H and O–H groups in total. The van der Waals surface area contributed by atoms with Crippen LogP contribution in [-0.4, -0.2) is 28.4 Å². The number of alkyl halides is 1. The van der Waals surface area contributed by atoms with Crippen LogP contribution in [0.25, 0.3) is 0 Å². The molecule has 0 saturated heterocycles. The van der Waals surface area contributed by atoms with Gasteiger partial charge in [-0.05, 0) is 6.42 Å². The fourth-order valence-electron chi connectivity index (χ4n) is 1.10. The van der Waals surface area contributed by atoms with Crippen molar-refractivity contribution in [3.63, 3.8) is 0 Å². The van der Waals surface area contributed by atoms with Crippen LogP contribution in [0.15, 0.2) is 5.38 Å². The third kappa shape index (κ3) is 6.23. The SMILES string of the molecule is NC(=O)CSCc1csc(NC(=O)CCCCl)n1. The van der Waals surface area contributed by atoms with E-state index in [0.717, 1.165) is 5.69 Å². The molecule has 5 nitrogen and oxygen atoms in total. The molecule has 1 rings (SSSR count). The van der Waals surface area contributed by atoms with Crippen molar-refractivity contribution in [3.8, 4) is 0 Å². The second-order valence-corrected chi connectivity index (χ2v) is 5.67. The van der Waals surface area contributed by atoms with E-state index in [1.165, 1.54) is 23.1 Å². The molecule has 0 aliphatic carbocycles. The standard InChI is InChI=1S/C10H14ClN3O2S2/c11-3-1-2-9(16)14-10-13-7(5-18-10)4-17-6-8(12)15/h5H,1-4,6H2,(H2,12,15)(H,13,14,16). The Morgan fingerprint density at radius 3 is 3.00 bits per heavy atom. The lowest BCUT2D eigenvalue weighted by Crippen LogP contribution is -2.13. The number of halogens is 1. The van der Waals surface area contributed by atoms with Gasteiger partial charge in [0.1, 0.15) is 0 Å². The van der Waals surface area contributed by atoms with Crippen molar-refractivity contribution in [3.05, 3.63) is 11.1 Å². The third-order valence-corrected chi connectivity index (χ3v) is 3.89. The average molecular weight is 308 g/mol. The topological polar surface area (TPSA) is 85.1 Å². The summed E-state index contributed by atoms with van der Waals surface area (Å²) < 4.78 is 0. The van der Waals surface area contributed by atoms with Gasteiger partial charge >= 0.3 is 0 Å². The monoisotopic (exact) mass is 307 g/mol. The van der Waals surface area contributed by atoms with E-state index in [1.54, 1.807) is 0 Å². The predicted molar refractivity (Wildman–Crippen MR) is 76.1 cm³/mol. The van der Waals surface area contributed by atoms with Gasteiger partial charge in [-0.2, -0.15) is 0 Å². The number of nitrogens with two attached hydrogens (primary N) is 1. The van der Waals surface area contributed by atoms with Gasteiger partial charge in [0.25, 0.3) is 0 Å². The number of anilines is 1. The van der Waals surface area contributed by atoms with Crippen LogP contribution in [0.5, 0.6) is 0 Å². The minimum absolute atomic E-state index is 0.0821. The summed E-state index contributed by atoms with van der Waals surface area (Å²) in [4.78, 5) is 26.2. The maximum Gasteiger partial charge on any atom is 0.227 e. The molecule has 2 amide bonds. The van der Waals surface area contributed by atoms with Crippen molar-refractivity contribution >= 4 is 51.6 Å². The number of aromatic nitrogens is 1. The maximum atomic E-state index is 11.4. The van der Waals surface area contributed by atoms with Crippen molar-refractivity contribution in [2.24, 2.45) is 5.73 Å². The van der Waals surface area contributed by atoms with E-state index in [4.69, 9.17) is 17.3 Å². The Hall–Kier alpha value is -0.790. The van der Waals surface area contributed by atoms with Crippen LogP contribution in [-0.2, 0) is 15.3 Å². The van der Waals surface area contributed by atoms with E-state index in [9.17, 15) is 9.59 Å². The smallest absolute Gasteiger partial charge is 0.227 e. The highest BCUT2D eigenvalue weighted by atomic mass is 35.5. The molecule has 18 heavy (non-hydrogen) atoms. The first-order valence-corrected chi connectivity index (χ1v) is 7.85. The Morgan fingerprint density at radius 2 is 2.33 bits per heavy atom. The second kappa shape index (κ2) is 8.34. The lowest BCUT2D eigenvalue weighted by molar-refractivity contribution is -0.116. The van der Waals surface area contributed by atoms with Gasteiger partial charge in [0.2, 0.25) is 11.8 Å². The predicted octanol–water partition coefficient (Wildman–Crippen LogP) is 1.82. The molecule has 0 radical (unpaired) electrons. The summed E-state index contributed by atoms with van der Waals surface area (Å²) in [7, 11) is 0. The lowest BCUT2D eigenvalue weighted by Gasteiger charge is -1.99. The fourth-order valence-corrected chi connectivity index (χ4v) is 2.72. The molecule has 0 aliphatic rings. The quantitative estimate of drug-likeness (QED) is 0.717. The Morgan fingerprint density at radius 1 is 1.56 bits per heavy atom. The maximum absolute atomic E-state index is 11.4. The first-order valence-electron chi connectivity index (χ1n) is 5.28. The lowest BCUT2D eigenvalue weighted by atomic mass is 10.3. The highest BCUT2D eigenvalue weighted by molar-refractivity contribution is 7.99. The summed E-state index contributed by atoms with van der Waals surface area (Å²) in [5.74, 6) is 0.929. The molecular weight excluding hydrogens is 294 g/mol. The van der Waals surface area contributed by atoms with Crippen molar-refractivity contribution in [1.29, 1.82) is 0 Å². The zero-order valence-corrected chi connectivity index (χ0v) is 12.0. The van der Waals surface area contributed by atoms with E-state index in [0.29, 0.717) is 29.6 Å². The Labute approximate surface area is 118 Å². The molecule has 0 saturated carbocycles. The minimum atomic E-state index is -0.343. The average Bonchev–Trinajstić information content (AvgIpc) is 2.73. The number of carbonyl (C=O) groups excluding carboxylic acids is 2. The largest absolute Gasteiger partial charge is 0.369 e. The van der Waals surface area contributed by atoms with Gasteiger partial charge in [-0.1, -0.05) is 0 Å². The van der Waals surface area contributed by atoms with Gasteiger partial charge in [0.15, 0.2) is 5.13 Å². The third-order valence-electron chi connectivity index (χ3n) is 1.83. The van der Waals surface area contributed by atoms with Crippen LogP contribution >= 0.6 is 34.7 Å². The number of amides is 2. The van der Waals surface area contributed by atoms with Crippen LogP contribution in [0.1, 0.15) is 18.5 Å². The van der Waals surface area contributed by atoms with Crippen molar-refractivity contribution in [2.75, 3.05) is 16.9 Å². The van der Waals surface area contributed by atoms with E-state index in [-0.39, 0.29) is 17.6 Å². The molecule has 1 aromatic rings. The molecule has 0 unspecified atom stereocenters. The Kier molecular flexibility index (Phi) is 7.07. The molecule has 100 valence electrons. The molecular formula is C10H14ClN3O2S2. The van der Waals surface area contributed by atoms with Crippen LogP contribution in [0.2, 0.25) is 0 Å². The summed E-state index contributed by atoms with van der Waals surface area (Å²) in [6.07, 6.45) is 1.05. The van der Waals surface area contributed by atoms with Crippen molar-refractivity contribution in [1.82, 2.24) is 4.98 Å². The summed E-state index contributed by atoms with van der Waals surface area (Å²) in [6.45, 7) is 0. The molecule has 1 heterocycles. The first kappa shape index (κ1) is 15.3. The van der Waals surface area contributed by atoms with Crippen molar-refractivity contribution in [2.45, 2.75) is 18.6 Å². The van der Waals surface area contributed by atoms with Gasteiger partial charge < -0.3 is 11.1 Å². The zero-order valence-electron chi connectivity index (χ0n) is 9.65. The van der Waals surface area contributed by atoms with Gasteiger partial charge in [-0.3, -0.25) is 9.59 Å². The minimum Gasteiger partial charge on any atom is -0.369 e. The number of rotatable bonds is 8. The second-order valence-electron chi connectivity index (χ2n) is 3.44. The van der Waals surface area contributed by atoms with Gasteiger partial charge in [-0.15, -0.1) is 34.7 Å². The van der Waals surface area contributed by atoms with Crippen molar-refractivity contribution < 1.29 is 9.59 Å². The van der Waals surface area contributed by atoms with E-state index < -0.39 is 0 Å². The van der Waals surface area contributed by atoms with Gasteiger partial charge in [0.05, 0.1) is 11.4 Å². The molecule has 0 aromatic carbocycles. The van der Waals surface area contributed by atoms with Gasteiger partial charge in [0, 0.05) is 23.4 Å². The summed E-state index contributed by atoms with van der Waals surface area (Å²) >= 11 is 8.27. The number of nitrogens with zero attached hydrogens (tertiary/aromatic N) is 1. The van der Waals surface area contributed by atoms with E-state index in [1.807, 2.05) is 5.38 Å². The number of hydrogen-bond acceptors (Lipinski definition) is 5. The number of nitrogens with one attached hydrogen (secondary N) is 1. The zero-order chi connectivity index (χ0) is 13.4. The molecule has 1 aromatic heterocycles. The number of carbonyl (C=O) groups is 2. The Bertz CT molecular complexity index is 412. The highest BCUT2D eigenvalue weighted by Gasteiger charge is 2.06. The van der Waals surface area contributed by atoms with Crippen LogP contribution in [0, 0.1) is 0 Å². The van der Waals surface area contributed by atoms with E-state index >= 15 is 0 Å². The van der Waals surface area contributed by atoms with E-state index in [2.05, 4.69) is 10.3 Å². The summed E-state index contributed by atoms with van der Waals surface area (Å²) in [5.41, 5.74) is 5.86. The molecule has 8 heteroatoms. The first-order chi connectivity index (χ1) is 8.61. The highest BCUT2D eigenvalue weighted by Crippen LogP contribution is 2.19. The summed E-state index contributed by atoms with van der Waals surface area (Å²) in [5, 5.41) is 5.13. The molecule has 0 spiro atoms. The molecule has 0 fully saturated rings. The fraction of sp³-hybridized carbons (Fsp3) is 0.500. The normalized spacial score (nSPS) is 10.3. The number of primary amides is 1. The Balaban J connectivity index is 2.33. The number of thiazole rings is 1. The van der Waals surface area contributed by atoms with Crippen LogP contribution in [0.4, 0.5) is 5.13 Å². The van der Waals surface area contributed by atoms with Crippen LogP contribution < -0.4 is 11.1 Å². The van der Waals surface area contributed by atoms with Crippen LogP contribution in [0.3, 0.4) is 0 Å². The molecule has 0 aliphatic heterocycles. The molecule has 0 atom stereocenters. The molecule has 0 bridgehead atoms. The summed E-state index contributed by atoms with van der Waals surface area (Å²) in [6, 6.07) is 0. The number of thioether (sulfide) groups is 1. The number of hydrogen-bond donors (Lipinski definition) is 2. The van der Waals surface area contributed by atoms with Gasteiger partial charge in [-0.25, -0.2) is 4.98 Å².